The van der Waals surface area contributed by atoms with Crippen molar-refractivity contribution in [2.45, 2.75) is 6.54 Å². The smallest absolute Gasteiger partial charge is 0.253 e. The standard InChI is InChI=1S/C19H15F2N3O/c20-15-8-5-13(6-9-15)11-23-19(25)14-7-10-18(22-12-14)24-17-4-2-1-3-16(17)21/h1-10,12H,11H2,(H,22,24)(H,23,25). The van der Waals surface area contributed by atoms with Gasteiger partial charge in [0.25, 0.3) is 5.91 Å². The van der Waals surface area contributed by atoms with Gasteiger partial charge in [-0.3, -0.25) is 4.79 Å². The molecule has 2 aromatic carbocycles. The number of pyridine rings is 1. The number of nitrogens with zero attached hydrogens (tertiary/aromatic N) is 1. The molecule has 0 atom stereocenters. The Morgan fingerprint density at radius 2 is 1.72 bits per heavy atom. The molecule has 0 spiro atoms. The number of carbonyl (C=O) groups excluding carboxylic acids is 1. The molecule has 0 fully saturated rings. The first-order valence-corrected chi connectivity index (χ1v) is 7.62. The van der Waals surface area contributed by atoms with Crippen LogP contribution in [0.3, 0.4) is 0 Å². The van der Waals surface area contributed by atoms with Crippen molar-refractivity contribution in [2.75, 3.05) is 5.32 Å². The van der Waals surface area contributed by atoms with Crippen LogP contribution in [0, 0.1) is 11.6 Å². The van der Waals surface area contributed by atoms with Crippen molar-refractivity contribution >= 4 is 17.4 Å². The van der Waals surface area contributed by atoms with Crippen LogP contribution in [0.4, 0.5) is 20.3 Å². The van der Waals surface area contributed by atoms with Gasteiger partial charge in [0.1, 0.15) is 17.5 Å². The number of rotatable bonds is 5. The predicted molar refractivity (Wildman–Crippen MR) is 91.5 cm³/mol. The number of halogens is 2. The van der Waals surface area contributed by atoms with E-state index >= 15 is 0 Å². The highest BCUT2D eigenvalue weighted by molar-refractivity contribution is 5.94. The largest absolute Gasteiger partial charge is 0.348 e. The van der Waals surface area contributed by atoms with Gasteiger partial charge in [-0.1, -0.05) is 24.3 Å². The lowest BCUT2D eigenvalue weighted by atomic mass is 10.2. The molecular formula is C19H15F2N3O. The highest BCUT2D eigenvalue weighted by atomic mass is 19.1. The number of hydrogen-bond acceptors (Lipinski definition) is 3. The van der Waals surface area contributed by atoms with Crippen molar-refractivity contribution in [3.63, 3.8) is 0 Å². The molecule has 4 nitrogen and oxygen atoms in total. The van der Waals surface area contributed by atoms with E-state index in [2.05, 4.69) is 15.6 Å². The maximum absolute atomic E-state index is 13.6. The van der Waals surface area contributed by atoms with E-state index in [4.69, 9.17) is 0 Å². The quantitative estimate of drug-likeness (QED) is 0.738. The van der Waals surface area contributed by atoms with Crippen molar-refractivity contribution in [2.24, 2.45) is 0 Å². The van der Waals surface area contributed by atoms with Gasteiger partial charge in [-0.15, -0.1) is 0 Å². The SMILES string of the molecule is O=C(NCc1ccc(F)cc1)c1ccc(Nc2ccccc2F)nc1. The van der Waals surface area contributed by atoms with E-state index in [1.165, 1.54) is 24.4 Å². The Hall–Kier alpha value is -3.28. The Bertz CT molecular complexity index is 865. The Balaban J connectivity index is 1.60. The maximum atomic E-state index is 13.6. The van der Waals surface area contributed by atoms with Crippen molar-refractivity contribution < 1.29 is 13.6 Å². The van der Waals surface area contributed by atoms with Crippen LogP contribution < -0.4 is 10.6 Å². The van der Waals surface area contributed by atoms with Gasteiger partial charge in [-0.05, 0) is 42.0 Å². The molecule has 0 aliphatic carbocycles. The van der Waals surface area contributed by atoms with E-state index in [1.54, 1.807) is 42.5 Å². The zero-order chi connectivity index (χ0) is 17.6. The van der Waals surface area contributed by atoms with E-state index in [0.717, 1.165) is 5.56 Å². The molecule has 0 saturated heterocycles. The minimum absolute atomic E-state index is 0.286. The average Bonchev–Trinajstić information content (AvgIpc) is 2.63. The fourth-order valence-corrected chi connectivity index (χ4v) is 2.19. The topological polar surface area (TPSA) is 54.0 Å². The molecule has 25 heavy (non-hydrogen) atoms. The van der Waals surface area contributed by atoms with Crippen LogP contribution in [-0.4, -0.2) is 10.9 Å². The molecule has 6 heteroatoms. The zero-order valence-electron chi connectivity index (χ0n) is 13.2. The monoisotopic (exact) mass is 339 g/mol. The van der Waals surface area contributed by atoms with Gasteiger partial charge in [-0.2, -0.15) is 0 Å². The lowest BCUT2D eigenvalue weighted by Crippen LogP contribution is -2.22. The highest BCUT2D eigenvalue weighted by Gasteiger charge is 2.07. The minimum Gasteiger partial charge on any atom is -0.348 e. The fourth-order valence-electron chi connectivity index (χ4n) is 2.19. The molecule has 3 rings (SSSR count). The summed E-state index contributed by atoms with van der Waals surface area (Å²) in [7, 11) is 0. The van der Waals surface area contributed by atoms with E-state index in [1.807, 2.05) is 0 Å². The average molecular weight is 339 g/mol. The third kappa shape index (κ3) is 4.38. The number of hydrogen-bond donors (Lipinski definition) is 2. The first kappa shape index (κ1) is 16.6. The molecule has 126 valence electrons. The van der Waals surface area contributed by atoms with Crippen molar-refractivity contribution in [1.82, 2.24) is 10.3 Å². The molecule has 0 radical (unpaired) electrons. The van der Waals surface area contributed by atoms with Crippen molar-refractivity contribution in [1.29, 1.82) is 0 Å². The lowest BCUT2D eigenvalue weighted by Gasteiger charge is -2.08. The number of benzene rings is 2. The molecule has 0 saturated carbocycles. The van der Waals surface area contributed by atoms with E-state index < -0.39 is 0 Å². The molecule has 0 aliphatic rings. The summed E-state index contributed by atoms with van der Waals surface area (Å²) in [5.41, 5.74) is 1.48. The summed E-state index contributed by atoms with van der Waals surface area (Å²) in [5.74, 6) is -0.572. The summed E-state index contributed by atoms with van der Waals surface area (Å²) in [6.07, 6.45) is 1.41. The van der Waals surface area contributed by atoms with Crippen LogP contribution >= 0.6 is 0 Å². The second kappa shape index (κ2) is 7.53. The zero-order valence-corrected chi connectivity index (χ0v) is 13.2. The number of anilines is 2. The van der Waals surface area contributed by atoms with Gasteiger partial charge in [0.05, 0.1) is 11.3 Å². The van der Waals surface area contributed by atoms with Crippen molar-refractivity contribution in [3.8, 4) is 0 Å². The van der Waals surface area contributed by atoms with Crippen LogP contribution in [0.1, 0.15) is 15.9 Å². The lowest BCUT2D eigenvalue weighted by molar-refractivity contribution is 0.0950. The van der Waals surface area contributed by atoms with Gasteiger partial charge in [0, 0.05) is 12.7 Å². The Labute approximate surface area is 143 Å². The maximum Gasteiger partial charge on any atom is 0.253 e. The van der Waals surface area contributed by atoms with Crippen LogP contribution in [0.25, 0.3) is 0 Å². The number of para-hydroxylation sites is 1. The molecule has 0 bridgehead atoms. The molecule has 1 amide bonds. The van der Waals surface area contributed by atoms with E-state index in [9.17, 15) is 13.6 Å². The number of nitrogens with one attached hydrogen (secondary N) is 2. The predicted octanol–water partition coefficient (Wildman–Crippen LogP) is 4.03. The summed E-state index contributed by atoms with van der Waals surface area (Å²) in [6.45, 7) is 0.286. The molecule has 1 heterocycles. The molecule has 3 aromatic rings. The normalized spacial score (nSPS) is 10.3. The summed E-state index contributed by atoms with van der Waals surface area (Å²) >= 11 is 0. The van der Waals surface area contributed by atoms with Gasteiger partial charge < -0.3 is 10.6 Å². The number of carbonyl (C=O) groups is 1. The summed E-state index contributed by atoms with van der Waals surface area (Å²) in [5, 5.41) is 5.58. The van der Waals surface area contributed by atoms with Gasteiger partial charge in [0.15, 0.2) is 0 Å². The van der Waals surface area contributed by atoms with Gasteiger partial charge in [-0.25, -0.2) is 13.8 Å². The van der Waals surface area contributed by atoms with Crippen LogP contribution in [-0.2, 0) is 6.54 Å². The van der Waals surface area contributed by atoms with E-state index in [-0.39, 0.29) is 24.1 Å². The summed E-state index contributed by atoms with van der Waals surface area (Å²) in [4.78, 5) is 16.2. The molecule has 0 unspecified atom stereocenters. The summed E-state index contributed by atoms with van der Waals surface area (Å²) in [6, 6.07) is 15.3. The van der Waals surface area contributed by atoms with Gasteiger partial charge >= 0.3 is 0 Å². The first-order chi connectivity index (χ1) is 12.1. The van der Waals surface area contributed by atoms with Crippen molar-refractivity contribution in [3.05, 3.63) is 89.6 Å². The Morgan fingerprint density at radius 3 is 2.40 bits per heavy atom. The second-order valence-corrected chi connectivity index (χ2v) is 5.35. The van der Waals surface area contributed by atoms with Crippen LogP contribution in [0.15, 0.2) is 66.9 Å². The van der Waals surface area contributed by atoms with Crippen LogP contribution in [0.5, 0.6) is 0 Å². The molecule has 1 aromatic heterocycles. The first-order valence-electron chi connectivity index (χ1n) is 7.62. The molecule has 0 aliphatic heterocycles. The van der Waals surface area contributed by atoms with E-state index in [0.29, 0.717) is 17.1 Å². The third-order valence-electron chi connectivity index (χ3n) is 3.53. The summed E-state index contributed by atoms with van der Waals surface area (Å²) < 4.78 is 26.4. The minimum atomic E-state index is -0.384. The Morgan fingerprint density at radius 1 is 0.960 bits per heavy atom. The molecule has 2 N–H and O–H groups in total. The fraction of sp³-hybridized carbons (Fsp3) is 0.0526. The molecular weight excluding hydrogens is 324 g/mol. The van der Waals surface area contributed by atoms with Crippen LogP contribution in [0.2, 0.25) is 0 Å². The number of amides is 1. The highest BCUT2D eigenvalue weighted by Crippen LogP contribution is 2.18. The second-order valence-electron chi connectivity index (χ2n) is 5.35. The van der Waals surface area contributed by atoms with Gasteiger partial charge in [0.2, 0.25) is 0 Å². The number of aromatic nitrogens is 1. The third-order valence-corrected chi connectivity index (χ3v) is 3.53. The Kier molecular flexibility index (Phi) is 4.99.